The van der Waals surface area contributed by atoms with Crippen LogP contribution in [0.2, 0.25) is 0 Å². The monoisotopic (exact) mass is 562 g/mol. The van der Waals surface area contributed by atoms with Gasteiger partial charge in [-0.1, -0.05) is 153 Å². The van der Waals surface area contributed by atoms with E-state index >= 15 is 0 Å². The summed E-state index contributed by atoms with van der Waals surface area (Å²) in [5.41, 5.74) is 0. The van der Waals surface area contributed by atoms with Crippen LogP contribution in [0.25, 0.3) is 0 Å². The van der Waals surface area contributed by atoms with E-state index in [2.05, 4.69) is 37.4 Å². The number of amides is 1. The molecule has 234 valence electrons. The van der Waals surface area contributed by atoms with Crippen molar-refractivity contribution in [1.82, 2.24) is 5.32 Å². The first kappa shape index (κ1) is 38.6. The lowest BCUT2D eigenvalue weighted by atomic mass is 10.0. The van der Waals surface area contributed by atoms with E-state index in [-0.39, 0.29) is 12.5 Å². The van der Waals surface area contributed by atoms with Gasteiger partial charge >= 0.3 is 0 Å². The smallest absolute Gasteiger partial charge is 0.220 e. The summed E-state index contributed by atoms with van der Waals surface area (Å²) in [7, 11) is 0. The lowest BCUT2D eigenvalue weighted by molar-refractivity contribution is -0.123. The van der Waals surface area contributed by atoms with E-state index in [0.29, 0.717) is 6.42 Å². The Kier molecular flexibility index (Phi) is 31.0. The zero-order valence-corrected chi connectivity index (χ0v) is 26.6. The number of unbranched alkanes of at least 4 members (excludes halogenated alkanes) is 20. The highest BCUT2D eigenvalue weighted by Gasteiger charge is 2.17. The molecular weight excluding hydrogens is 494 g/mol. The van der Waals surface area contributed by atoms with Gasteiger partial charge in [0.05, 0.1) is 18.8 Å². The van der Waals surface area contributed by atoms with Crippen molar-refractivity contribution in [2.45, 2.75) is 180 Å². The molecular formula is C36H67NO3. The van der Waals surface area contributed by atoms with Crippen LogP contribution in [0, 0.1) is 0 Å². The predicted octanol–water partition coefficient (Wildman–Crippen LogP) is 9.90. The van der Waals surface area contributed by atoms with E-state index in [1.54, 1.807) is 12.2 Å². The zero-order valence-electron chi connectivity index (χ0n) is 26.6. The van der Waals surface area contributed by atoms with Crippen LogP contribution in [0.3, 0.4) is 0 Å². The Hall–Kier alpha value is -1.39. The third kappa shape index (κ3) is 28.1. The maximum absolute atomic E-state index is 12.2. The first-order valence-corrected chi connectivity index (χ1v) is 17.2. The van der Waals surface area contributed by atoms with Crippen LogP contribution in [0.4, 0.5) is 0 Å². The van der Waals surface area contributed by atoms with Gasteiger partial charge in [0.1, 0.15) is 0 Å². The van der Waals surface area contributed by atoms with Gasteiger partial charge in [0.25, 0.3) is 0 Å². The van der Waals surface area contributed by atoms with E-state index in [1.807, 2.05) is 6.08 Å². The lowest BCUT2D eigenvalue weighted by Crippen LogP contribution is -2.45. The average molecular weight is 562 g/mol. The van der Waals surface area contributed by atoms with Crippen LogP contribution in [-0.2, 0) is 4.79 Å². The standard InChI is InChI=1S/C36H67NO3/c1-3-5-7-9-11-13-14-15-16-17-18-19-20-21-22-24-26-28-30-32-36(40)37-34(33-38)35(39)31-29-27-25-23-12-10-8-6-4-2/h15-16,25,27,29,31,34-35,38-39H,3-14,17-24,26,28,30,32-33H2,1-2H3,(H,37,40)/b16-15+,27-25+,31-29+/t34-,35+/m0/s1. The summed E-state index contributed by atoms with van der Waals surface area (Å²) < 4.78 is 0. The summed E-state index contributed by atoms with van der Waals surface area (Å²) in [5.74, 6) is -0.0878. The molecule has 0 aromatic carbocycles. The lowest BCUT2D eigenvalue weighted by Gasteiger charge is -2.19. The van der Waals surface area contributed by atoms with Crippen molar-refractivity contribution in [2.75, 3.05) is 6.61 Å². The average Bonchev–Trinajstić information content (AvgIpc) is 2.96. The number of allylic oxidation sites excluding steroid dienone is 5. The predicted molar refractivity (Wildman–Crippen MR) is 175 cm³/mol. The molecule has 40 heavy (non-hydrogen) atoms. The SMILES string of the molecule is CCCCCCC/C=C/C=C/[C@@H](O)[C@H](CO)NC(=O)CCCCCCCCCCC/C=C/CCCCCCCC. The fourth-order valence-corrected chi connectivity index (χ4v) is 4.93. The number of carbonyl (C=O) groups is 1. The largest absolute Gasteiger partial charge is 0.394 e. The maximum Gasteiger partial charge on any atom is 0.220 e. The van der Waals surface area contributed by atoms with Gasteiger partial charge in [-0.05, 0) is 44.9 Å². The van der Waals surface area contributed by atoms with Crippen molar-refractivity contribution in [3.8, 4) is 0 Å². The topological polar surface area (TPSA) is 69.6 Å². The summed E-state index contributed by atoms with van der Waals surface area (Å²) in [4.78, 5) is 12.2. The zero-order chi connectivity index (χ0) is 29.4. The Morgan fingerprint density at radius 3 is 1.50 bits per heavy atom. The Balaban J connectivity index is 3.62. The Labute approximate surface area is 249 Å². The Morgan fingerprint density at radius 2 is 1.02 bits per heavy atom. The number of rotatable bonds is 30. The molecule has 0 fully saturated rings. The summed E-state index contributed by atoms with van der Waals surface area (Å²) in [6.07, 6.45) is 40.9. The fraction of sp³-hybridized carbons (Fsp3) is 0.806. The molecule has 0 unspecified atom stereocenters. The molecule has 2 atom stereocenters. The highest BCUT2D eigenvalue weighted by atomic mass is 16.3. The molecule has 3 N–H and O–H groups in total. The highest BCUT2D eigenvalue weighted by molar-refractivity contribution is 5.76. The molecule has 0 radical (unpaired) electrons. The second-order valence-corrected chi connectivity index (χ2v) is 11.6. The molecule has 4 heteroatoms. The second-order valence-electron chi connectivity index (χ2n) is 11.6. The minimum absolute atomic E-state index is 0.0878. The summed E-state index contributed by atoms with van der Waals surface area (Å²) >= 11 is 0. The Bertz CT molecular complexity index is 613. The molecule has 0 spiro atoms. The number of hydrogen-bond acceptors (Lipinski definition) is 3. The normalized spacial score (nSPS) is 13.6. The molecule has 0 aliphatic rings. The van der Waals surface area contributed by atoms with Crippen LogP contribution in [-0.4, -0.2) is 34.9 Å². The van der Waals surface area contributed by atoms with Crippen molar-refractivity contribution in [3.05, 3.63) is 36.5 Å². The molecule has 4 nitrogen and oxygen atoms in total. The molecule has 0 rings (SSSR count). The summed E-state index contributed by atoms with van der Waals surface area (Å²) in [6.45, 7) is 4.22. The maximum atomic E-state index is 12.2. The number of carbonyl (C=O) groups excluding carboxylic acids is 1. The first-order chi connectivity index (χ1) is 19.7. The van der Waals surface area contributed by atoms with Gasteiger partial charge in [-0.25, -0.2) is 0 Å². The van der Waals surface area contributed by atoms with E-state index < -0.39 is 12.1 Å². The van der Waals surface area contributed by atoms with Crippen molar-refractivity contribution >= 4 is 5.91 Å². The Morgan fingerprint density at radius 1 is 0.600 bits per heavy atom. The van der Waals surface area contributed by atoms with Gasteiger partial charge in [-0.3, -0.25) is 4.79 Å². The van der Waals surface area contributed by atoms with Crippen LogP contribution in [0.5, 0.6) is 0 Å². The molecule has 0 aromatic heterocycles. The second kappa shape index (κ2) is 32.1. The van der Waals surface area contributed by atoms with Crippen LogP contribution < -0.4 is 5.32 Å². The van der Waals surface area contributed by atoms with E-state index in [4.69, 9.17) is 0 Å². The van der Waals surface area contributed by atoms with E-state index in [1.165, 1.54) is 128 Å². The van der Waals surface area contributed by atoms with E-state index in [9.17, 15) is 15.0 Å². The minimum atomic E-state index is -0.885. The van der Waals surface area contributed by atoms with Gasteiger partial charge < -0.3 is 15.5 Å². The highest BCUT2D eigenvalue weighted by Crippen LogP contribution is 2.13. The molecule has 0 saturated carbocycles. The summed E-state index contributed by atoms with van der Waals surface area (Å²) in [5, 5.41) is 22.7. The minimum Gasteiger partial charge on any atom is -0.394 e. The number of aliphatic hydroxyl groups excluding tert-OH is 2. The van der Waals surface area contributed by atoms with Gasteiger partial charge in [0.15, 0.2) is 0 Å². The molecule has 0 saturated heterocycles. The van der Waals surface area contributed by atoms with E-state index in [0.717, 1.165) is 19.3 Å². The molecule has 0 bridgehead atoms. The molecule has 0 heterocycles. The third-order valence-corrected chi connectivity index (χ3v) is 7.65. The molecule has 0 aromatic rings. The van der Waals surface area contributed by atoms with Crippen LogP contribution >= 0.6 is 0 Å². The first-order valence-electron chi connectivity index (χ1n) is 17.2. The van der Waals surface area contributed by atoms with Crippen LogP contribution in [0.1, 0.15) is 168 Å². The molecule has 0 aliphatic heterocycles. The van der Waals surface area contributed by atoms with Crippen molar-refractivity contribution in [3.63, 3.8) is 0 Å². The fourth-order valence-electron chi connectivity index (χ4n) is 4.93. The number of aliphatic hydroxyl groups is 2. The molecule has 1 amide bonds. The van der Waals surface area contributed by atoms with Crippen molar-refractivity contribution in [1.29, 1.82) is 0 Å². The summed E-state index contributed by atoms with van der Waals surface area (Å²) in [6, 6.07) is -0.651. The third-order valence-electron chi connectivity index (χ3n) is 7.65. The molecule has 0 aliphatic carbocycles. The van der Waals surface area contributed by atoms with Gasteiger partial charge in [0.2, 0.25) is 5.91 Å². The van der Waals surface area contributed by atoms with Crippen LogP contribution in [0.15, 0.2) is 36.5 Å². The van der Waals surface area contributed by atoms with Crippen molar-refractivity contribution < 1.29 is 15.0 Å². The van der Waals surface area contributed by atoms with Gasteiger partial charge in [-0.2, -0.15) is 0 Å². The number of hydrogen-bond donors (Lipinski definition) is 3. The van der Waals surface area contributed by atoms with Crippen molar-refractivity contribution in [2.24, 2.45) is 0 Å². The quantitative estimate of drug-likeness (QED) is 0.0464. The number of nitrogens with one attached hydrogen (secondary N) is 1. The van der Waals surface area contributed by atoms with Gasteiger partial charge in [-0.15, -0.1) is 0 Å². The van der Waals surface area contributed by atoms with Gasteiger partial charge in [0, 0.05) is 6.42 Å².